The van der Waals surface area contributed by atoms with Crippen LogP contribution in [0.2, 0.25) is 0 Å². The van der Waals surface area contributed by atoms with Gasteiger partial charge in [-0.15, -0.1) is 0 Å². The third-order valence-electron chi connectivity index (χ3n) is 6.07. The van der Waals surface area contributed by atoms with Crippen LogP contribution in [0.3, 0.4) is 0 Å². The van der Waals surface area contributed by atoms with Gasteiger partial charge in [0.1, 0.15) is 5.75 Å². The number of carbonyl (C=O) groups is 1. The number of piperidine rings is 1. The molecule has 4 rings (SSSR count). The smallest absolute Gasteiger partial charge is 0.243 e. The second kappa shape index (κ2) is 8.78. The molecule has 1 fully saturated rings. The third kappa shape index (κ3) is 4.09. The molecule has 0 radical (unpaired) electrons. The molecule has 7 heteroatoms. The molecule has 2 aromatic carbocycles. The van der Waals surface area contributed by atoms with Gasteiger partial charge in [0, 0.05) is 13.1 Å². The van der Waals surface area contributed by atoms with Crippen molar-refractivity contribution in [2.45, 2.75) is 49.3 Å². The Balaban J connectivity index is 1.61. The summed E-state index contributed by atoms with van der Waals surface area (Å²) in [5.41, 5.74) is 2.65. The SMILES string of the molecule is COc1ccc(S(=O)(=O)N2CCCCC2)cc1NC(=O)C1CCCc2ccccc21. The van der Waals surface area contributed by atoms with Crippen molar-refractivity contribution in [1.29, 1.82) is 0 Å². The summed E-state index contributed by atoms with van der Waals surface area (Å²) in [5.74, 6) is 0.0695. The highest BCUT2D eigenvalue weighted by molar-refractivity contribution is 7.89. The zero-order valence-electron chi connectivity index (χ0n) is 17.3. The first-order valence-electron chi connectivity index (χ1n) is 10.6. The molecule has 0 aromatic heterocycles. The topological polar surface area (TPSA) is 75.7 Å². The number of benzene rings is 2. The molecule has 1 N–H and O–H groups in total. The van der Waals surface area contributed by atoms with Gasteiger partial charge < -0.3 is 10.1 Å². The van der Waals surface area contributed by atoms with Gasteiger partial charge in [-0.2, -0.15) is 4.31 Å². The lowest BCUT2D eigenvalue weighted by Crippen LogP contribution is -2.35. The molecule has 1 aliphatic carbocycles. The van der Waals surface area contributed by atoms with Crippen molar-refractivity contribution in [2.24, 2.45) is 0 Å². The minimum absolute atomic E-state index is 0.132. The molecule has 0 saturated carbocycles. The van der Waals surface area contributed by atoms with Crippen LogP contribution in [-0.2, 0) is 21.2 Å². The van der Waals surface area contributed by atoms with Crippen LogP contribution in [0.1, 0.15) is 49.1 Å². The number of hydrogen-bond acceptors (Lipinski definition) is 4. The minimum Gasteiger partial charge on any atom is -0.495 e. The van der Waals surface area contributed by atoms with Crippen molar-refractivity contribution in [1.82, 2.24) is 4.31 Å². The Kier molecular flexibility index (Phi) is 6.11. The fourth-order valence-corrected chi connectivity index (χ4v) is 5.99. The summed E-state index contributed by atoms with van der Waals surface area (Å²) in [6.45, 7) is 1.07. The second-order valence-corrected chi connectivity index (χ2v) is 9.90. The highest BCUT2D eigenvalue weighted by Gasteiger charge is 2.29. The van der Waals surface area contributed by atoms with Crippen LogP contribution in [0.4, 0.5) is 5.69 Å². The normalized spacial score (nSPS) is 19.7. The molecule has 2 aliphatic rings. The fourth-order valence-electron chi connectivity index (χ4n) is 4.45. The number of methoxy groups -OCH3 is 1. The largest absolute Gasteiger partial charge is 0.495 e. The van der Waals surface area contributed by atoms with Crippen LogP contribution in [0, 0.1) is 0 Å². The fraction of sp³-hybridized carbons (Fsp3) is 0.435. The first-order valence-corrected chi connectivity index (χ1v) is 12.0. The number of nitrogens with one attached hydrogen (secondary N) is 1. The van der Waals surface area contributed by atoms with E-state index in [0.717, 1.165) is 44.1 Å². The van der Waals surface area contributed by atoms with E-state index in [4.69, 9.17) is 4.74 Å². The van der Waals surface area contributed by atoms with E-state index in [2.05, 4.69) is 11.4 Å². The monoisotopic (exact) mass is 428 g/mol. The van der Waals surface area contributed by atoms with Crippen LogP contribution in [0.5, 0.6) is 5.75 Å². The summed E-state index contributed by atoms with van der Waals surface area (Å²) in [7, 11) is -2.08. The predicted octanol–water partition coefficient (Wildman–Crippen LogP) is 3.93. The van der Waals surface area contributed by atoms with E-state index in [1.165, 1.54) is 23.0 Å². The molecule has 2 aromatic rings. The van der Waals surface area contributed by atoms with Crippen molar-refractivity contribution < 1.29 is 17.9 Å². The highest BCUT2D eigenvalue weighted by atomic mass is 32.2. The van der Waals surface area contributed by atoms with Crippen LogP contribution in [0.25, 0.3) is 0 Å². The van der Waals surface area contributed by atoms with Crippen molar-refractivity contribution >= 4 is 21.6 Å². The van der Waals surface area contributed by atoms with E-state index in [0.29, 0.717) is 24.5 Å². The number of rotatable bonds is 5. The molecule has 1 amide bonds. The van der Waals surface area contributed by atoms with Crippen molar-refractivity contribution in [3.8, 4) is 5.75 Å². The Hall–Kier alpha value is -2.38. The molecular formula is C23H28N2O4S. The number of fused-ring (bicyclic) bond motifs is 1. The zero-order chi connectivity index (χ0) is 21.1. The molecule has 1 saturated heterocycles. The maximum atomic E-state index is 13.1. The van der Waals surface area contributed by atoms with E-state index in [-0.39, 0.29) is 16.7 Å². The van der Waals surface area contributed by atoms with Crippen molar-refractivity contribution in [2.75, 3.05) is 25.5 Å². The number of amides is 1. The third-order valence-corrected chi connectivity index (χ3v) is 7.96. The van der Waals surface area contributed by atoms with Crippen LogP contribution < -0.4 is 10.1 Å². The van der Waals surface area contributed by atoms with E-state index in [9.17, 15) is 13.2 Å². The number of sulfonamides is 1. The minimum atomic E-state index is -3.59. The number of nitrogens with zero attached hydrogens (tertiary/aromatic N) is 1. The Bertz CT molecular complexity index is 1030. The lowest BCUT2D eigenvalue weighted by atomic mass is 9.82. The van der Waals surface area contributed by atoms with Gasteiger partial charge in [0.05, 0.1) is 23.6 Å². The van der Waals surface area contributed by atoms with Crippen molar-refractivity contribution in [3.63, 3.8) is 0 Å². The summed E-state index contributed by atoms with van der Waals surface area (Å²) in [6, 6.07) is 12.7. The number of aryl methyl sites for hydroxylation is 1. The first kappa shape index (κ1) is 20.9. The zero-order valence-corrected chi connectivity index (χ0v) is 18.1. The molecule has 1 unspecified atom stereocenters. The predicted molar refractivity (Wildman–Crippen MR) is 116 cm³/mol. The standard InChI is InChI=1S/C23H28N2O4S/c1-29-22-13-12-18(30(27,28)25-14-5-2-6-15-25)16-21(22)24-23(26)20-11-7-9-17-8-3-4-10-19(17)20/h3-4,8,10,12-13,16,20H,2,5-7,9,11,14-15H2,1H3,(H,24,26). The molecule has 30 heavy (non-hydrogen) atoms. The van der Waals surface area contributed by atoms with Gasteiger partial charge in [-0.05, 0) is 61.4 Å². The second-order valence-electron chi connectivity index (χ2n) is 7.96. The molecule has 160 valence electrons. The molecular weight excluding hydrogens is 400 g/mol. The van der Waals surface area contributed by atoms with Gasteiger partial charge in [0.2, 0.25) is 15.9 Å². The summed E-state index contributed by atoms with van der Waals surface area (Å²) >= 11 is 0. The van der Waals surface area contributed by atoms with Gasteiger partial charge in [-0.25, -0.2) is 8.42 Å². The Morgan fingerprint density at radius 1 is 1.07 bits per heavy atom. The quantitative estimate of drug-likeness (QED) is 0.783. The highest BCUT2D eigenvalue weighted by Crippen LogP contribution is 2.35. The molecule has 1 aliphatic heterocycles. The molecule has 1 heterocycles. The molecule has 0 spiro atoms. The van der Waals surface area contributed by atoms with E-state index in [1.807, 2.05) is 18.2 Å². The average molecular weight is 429 g/mol. The molecule has 0 bridgehead atoms. The maximum absolute atomic E-state index is 13.1. The van der Waals surface area contributed by atoms with E-state index in [1.54, 1.807) is 12.1 Å². The number of anilines is 1. The average Bonchev–Trinajstić information content (AvgIpc) is 2.79. The Morgan fingerprint density at radius 3 is 2.60 bits per heavy atom. The summed E-state index contributed by atoms with van der Waals surface area (Å²) in [6.07, 6.45) is 5.51. The number of ether oxygens (including phenoxy) is 1. The van der Waals surface area contributed by atoms with Gasteiger partial charge in [-0.1, -0.05) is 30.7 Å². The van der Waals surface area contributed by atoms with Gasteiger partial charge in [-0.3, -0.25) is 4.79 Å². The van der Waals surface area contributed by atoms with Crippen molar-refractivity contribution in [3.05, 3.63) is 53.6 Å². The van der Waals surface area contributed by atoms with Crippen LogP contribution in [0.15, 0.2) is 47.4 Å². The molecule has 1 atom stereocenters. The summed E-state index contributed by atoms with van der Waals surface area (Å²) in [4.78, 5) is 13.3. The first-order chi connectivity index (χ1) is 14.5. The lowest BCUT2D eigenvalue weighted by Gasteiger charge is -2.27. The number of carbonyl (C=O) groups excluding carboxylic acids is 1. The van der Waals surface area contributed by atoms with Crippen LogP contribution in [-0.4, -0.2) is 38.8 Å². The van der Waals surface area contributed by atoms with Crippen LogP contribution >= 0.6 is 0 Å². The Labute approximate surface area is 178 Å². The number of hydrogen-bond donors (Lipinski definition) is 1. The lowest BCUT2D eigenvalue weighted by molar-refractivity contribution is -0.117. The van der Waals surface area contributed by atoms with Gasteiger partial charge in [0.25, 0.3) is 0 Å². The van der Waals surface area contributed by atoms with Gasteiger partial charge in [0.15, 0.2) is 0 Å². The van der Waals surface area contributed by atoms with E-state index >= 15 is 0 Å². The Morgan fingerprint density at radius 2 is 1.83 bits per heavy atom. The van der Waals surface area contributed by atoms with E-state index < -0.39 is 10.0 Å². The maximum Gasteiger partial charge on any atom is 0.243 e. The molecule has 6 nitrogen and oxygen atoms in total. The summed E-state index contributed by atoms with van der Waals surface area (Å²) < 4.78 is 33.0. The summed E-state index contributed by atoms with van der Waals surface area (Å²) in [5, 5.41) is 2.94. The van der Waals surface area contributed by atoms with Gasteiger partial charge >= 0.3 is 0 Å².